The van der Waals surface area contributed by atoms with Crippen molar-refractivity contribution in [3.63, 3.8) is 0 Å². The second-order valence-electron chi connectivity index (χ2n) is 8.20. The number of amides is 1. The number of benzene rings is 2. The fourth-order valence-corrected chi connectivity index (χ4v) is 3.60. The van der Waals surface area contributed by atoms with Crippen LogP contribution in [0.25, 0.3) is 0 Å². The van der Waals surface area contributed by atoms with Gasteiger partial charge in [0.2, 0.25) is 5.96 Å². The second-order valence-corrected chi connectivity index (χ2v) is 8.20. The van der Waals surface area contributed by atoms with Gasteiger partial charge >= 0.3 is 5.97 Å². The fraction of sp³-hybridized carbons (Fsp3) is 0.308. The number of aryl methyl sites for hydroxylation is 4. The third kappa shape index (κ3) is 6.54. The van der Waals surface area contributed by atoms with Gasteiger partial charge in [-0.2, -0.15) is 5.10 Å². The second kappa shape index (κ2) is 11.3. The van der Waals surface area contributed by atoms with Crippen LogP contribution in [0.2, 0.25) is 0 Å². The largest absolute Gasteiger partial charge is 0.465 e. The summed E-state index contributed by atoms with van der Waals surface area (Å²) in [6, 6.07) is 12.5. The van der Waals surface area contributed by atoms with E-state index in [0.29, 0.717) is 23.4 Å². The lowest BCUT2D eigenvalue weighted by Crippen LogP contribution is -2.36. The number of carbonyl (C=O) groups excluding carboxylic acids is 2. The average molecular weight is 462 g/mol. The number of hydrogen-bond acceptors (Lipinski definition) is 5. The van der Waals surface area contributed by atoms with Gasteiger partial charge in [-0.05, 0) is 57.5 Å². The van der Waals surface area contributed by atoms with Crippen molar-refractivity contribution in [3.8, 4) is 0 Å². The molecular weight excluding hydrogens is 430 g/mol. The summed E-state index contributed by atoms with van der Waals surface area (Å²) < 4.78 is 6.71. The number of rotatable bonds is 7. The molecule has 0 fully saturated rings. The zero-order valence-electron chi connectivity index (χ0n) is 20.3. The Bertz CT molecular complexity index is 1190. The summed E-state index contributed by atoms with van der Waals surface area (Å²) in [5.41, 5.74) is 5.40. The molecule has 0 spiro atoms. The Morgan fingerprint density at radius 3 is 2.47 bits per heavy atom. The van der Waals surface area contributed by atoms with E-state index >= 15 is 0 Å². The van der Waals surface area contributed by atoms with Gasteiger partial charge < -0.3 is 10.1 Å². The number of aromatic nitrogens is 2. The molecule has 0 saturated heterocycles. The van der Waals surface area contributed by atoms with Crippen molar-refractivity contribution in [3.05, 3.63) is 82.2 Å². The van der Waals surface area contributed by atoms with E-state index < -0.39 is 5.97 Å². The number of ether oxygens (including phenoxy) is 1. The van der Waals surface area contributed by atoms with Gasteiger partial charge in [0, 0.05) is 29.6 Å². The number of methoxy groups -OCH3 is 1. The van der Waals surface area contributed by atoms with Crippen molar-refractivity contribution in [2.45, 2.75) is 47.2 Å². The molecule has 34 heavy (non-hydrogen) atoms. The van der Waals surface area contributed by atoms with Crippen LogP contribution in [-0.2, 0) is 17.8 Å². The molecule has 0 atom stereocenters. The van der Waals surface area contributed by atoms with Crippen molar-refractivity contribution in [2.24, 2.45) is 4.99 Å². The zero-order chi connectivity index (χ0) is 24.7. The topological polar surface area (TPSA) is 97.6 Å². The Labute approximate surface area is 200 Å². The molecule has 8 heteroatoms. The van der Waals surface area contributed by atoms with E-state index in [1.54, 1.807) is 24.3 Å². The number of nitrogens with zero attached hydrogens (tertiary/aromatic N) is 3. The van der Waals surface area contributed by atoms with Crippen LogP contribution >= 0.6 is 0 Å². The SMILES string of the molecule is CCCn1cc(CN=C(NC(=O)c2cc(C)cc(C)c2)Nc2cccc(C(=O)OC)c2)c(C)n1. The van der Waals surface area contributed by atoms with Gasteiger partial charge in [-0.25, -0.2) is 9.79 Å². The highest BCUT2D eigenvalue weighted by molar-refractivity contribution is 6.10. The van der Waals surface area contributed by atoms with Gasteiger partial charge in [-0.15, -0.1) is 0 Å². The number of nitrogens with one attached hydrogen (secondary N) is 2. The lowest BCUT2D eigenvalue weighted by Gasteiger charge is -2.13. The lowest BCUT2D eigenvalue weighted by molar-refractivity contribution is 0.0600. The number of anilines is 1. The molecule has 0 radical (unpaired) electrons. The summed E-state index contributed by atoms with van der Waals surface area (Å²) in [6.07, 6.45) is 2.96. The molecule has 2 N–H and O–H groups in total. The van der Waals surface area contributed by atoms with E-state index in [4.69, 9.17) is 4.74 Å². The minimum atomic E-state index is -0.444. The van der Waals surface area contributed by atoms with E-state index in [0.717, 1.165) is 35.3 Å². The Balaban J connectivity index is 1.88. The molecule has 8 nitrogen and oxygen atoms in total. The minimum absolute atomic E-state index is 0.272. The maximum atomic E-state index is 13.0. The maximum absolute atomic E-state index is 13.0. The number of esters is 1. The van der Waals surface area contributed by atoms with E-state index in [-0.39, 0.29) is 11.9 Å². The first-order valence-corrected chi connectivity index (χ1v) is 11.2. The summed E-state index contributed by atoms with van der Waals surface area (Å²) in [4.78, 5) is 29.6. The van der Waals surface area contributed by atoms with E-state index in [2.05, 4.69) is 27.6 Å². The quantitative estimate of drug-likeness (QED) is 0.309. The molecule has 1 aromatic heterocycles. The molecule has 0 aliphatic rings. The monoisotopic (exact) mass is 461 g/mol. The fourth-order valence-electron chi connectivity index (χ4n) is 3.60. The molecule has 0 aliphatic heterocycles. The first-order chi connectivity index (χ1) is 16.3. The van der Waals surface area contributed by atoms with Crippen molar-refractivity contribution in [1.29, 1.82) is 0 Å². The molecule has 0 saturated carbocycles. The number of hydrogen-bond donors (Lipinski definition) is 2. The Hall–Kier alpha value is -3.94. The van der Waals surface area contributed by atoms with Gasteiger partial charge in [0.25, 0.3) is 5.91 Å². The average Bonchev–Trinajstić information content (AvgIpc) is 3.15. The molecule has 178 valence electrons. The van der Waals surface area contributed by atoms with Gasteiger partial charge in [0.05, 0.1) is 24.9 Å². The molecule has 1 heterocycles. The molecule has 1 amide bonds. The number of guanidine groups is 1. The highest BCUT2D eigenvalue weighted by Crippen LogP contribution is 2.14. The predicted octanol–water partition coefficient (Wildman–Crippen LogP) is 4.40. The van der Waals surface area contributed by atoms with Crippen molar-refractivity contribution >= 4 is 23.5 Å². The molecule has 2 aromatic carbocycles. The molecular formula is C26H31N5O3. The number of aliphatic imine (C=N–C) groups is 1. The van der Waals surface area contributed by atoms with Crippen LogP contribution < -0.4 is 10.6 Å². The third-order valence-corrected chi connectivity index (χ3v) is 5.17. The van der Waals surface area contributed by atoms with Crippen molar-refractivity contribution < 1.29 is 14.3 Å². The first kappa shape index (κ1) is 24.7. The summed E-state index contributed by atoms with van der Waals surface area (Å²) in [5.74, 6) is -0.449. The summed E-state index contributed by atoms with van der Waals surface area (Å²) in [7, 11) is 1.33. The third-order valence-electron chi connectivity index (χ3n) is 5.17. The van der Waals surface area contributed by atoms with Crippen LogP contribution in [0.3, 0.4) is 0 Å². The minimum Gasteiger partial charge on any atom is -0.465 e. The van der Waals surface area contributed by atoms with Gasteiger partial charge in [0.15, 0.2) is 0 Å². The standard InChI is InChI=1S/C26H31N5O3/c1-6-10-31-16-22(19(4)30-31)15-27-26(28-23-9-7-8-20(14-23)25(33)34-5)29-24(32)21-12-17(2)11-18(3)13-21/h7-9,11-14,16H,6,10,15H2,1-5H3,(H2,27,28,29,32). The highest BCUT2D eigenvalue weighted by atomic mass is 16.5. The smallest absolute Gasteiger partial charge is 0.337 e. The van der Waals surface area contributed by atoms with E-state index in [1.165, 1.54) is 7.11 Å². The van der Waals surface area contributed by atoms with E-state index in [9.17, 15) is 9.59 Å². The highest BCUT2D eigenvalue weighted by Gasteiger charge is 2.13. The molecule has 3 aromatic rings. The normalized spacial score (nSPS) is 11.3. The molecule has 3 rings (SSSR count). The Morgan fingerprint density at radius 1 is 1.06 bits per heavy atom. The van der Waals surface area contributed by atoms with Crippen LogP contribution in [0.5, 0.6) is 0 Å². The van der Waals surface area contributed by atoms with Crippen LogP contribution in [0.1, 0.15) is 56.4 Å². The maximum Gasteiger partial charge on any atom is 0.337 e. The van der Waals surface area contributed by atoms with Crippen LogP contribution in [0.4, 0.5) is 5.69 Å². The van der Waals surface area contributed by atoms with Gasteiger partial charge in [0.1, 0.15) is 0 Å². The van der Waals surface area contributed by atoms with Gasteiger partial charge in [-0.3, -0.25) is 14.8 Å². The van der Waals surface area contributed by atoms with Crippen molar-refractivity contribution in [1.82, 2.24) is 15.1 Å². The predicted molar refractivity (Wildman–Crippen MR) is 133 cm³/mol. The summed E-state index contributed by atoms with van der Waals surface area (Å²) >= 11 is 0. The van der Waals surface area contributed by atoms with Crippen LogP contribution in [0.15, 0.2) is 53.7 Å². The van der Waals surface area contributed by atoms with Crippen LogP contribution in [-0.4, -0.2) is 34.7 Å². The summed E-state index contributed by atoms with van der Waals surface area (Å²) in [6.45, 7) is 9.11. The Morgan fingerprint density at radius 2 is 1.79 bits per heavy atom. The first-order valence-electron chi connectivity index (χ1n) is 11.2. The van der Waals surface area contributed by atoms with Crippen molar-refractivity contribution in [2.75, 3.05) is 12.4 Å². The molecule has 0 aliphatic carbocycles. The lowest BCUT2D eigenvalue weighted by atomic mass is 10.1. The zero-order valence-corrected chi connectivity index (χ0v) is 20.3. The van der Waals surface area contributed by atoms with Crippen LogP contribution in [0, 0.1) is 20.8 Å². The summed E-state index contributed by atoms with van der Waals surface area (Å²) in [5, 5.41) is 10.5. The number of carbonyl (C=O) groups is 2. The molecule has 0 bridgehead atoms. The Kier molecular flexibility index (Phi) is 8.19. The van der Waals surface area contributed by atoms with Gasteiger partial charge in [-0.1, -0.05) is 30.2 Å². The van der Waals surface area contributed by atoms with E-state index in [1.807, 2.05) is 49.8 Å². The molecule has 0 unspecified atom stereocenters.